The fraction of sp³-hybridized carbons (Fsp3) is 0. The van der Waals surface area contributed by atoms with E-state index in [1.54, 1.807) is 0 Å². The van der Waals surface area contributed by atoms with Crippen molar-refractivity contribution in [3.8, 4) is 84.6 Å². The molecule has 0 aliphatic rings. The van der Waals surface area contributed by atoms with Crippen molar-refractivity contribution in [3.05, 3.63) is 255 Å². The number of benzene rings is 10. The Balaban J connectivity index is 1.17. The van der Waals surface area contributed by atoms with E-state index in [4.69, 9.17) is 15.0 Å². The zero-order valence-corrected chi connectivity index (χ0v) is 37.4. The molecule has 0 spiro atoms. The van der Waals surface area contributed by atoms with Gasteiger partial charge in [0.15, 0.2) is 0 Å². The highest BCUT2D eigenvalue weighted by molar-refractivity contribution is 6.22. The van der Waals surface area contributed by atoms with Crippen LogP contribution >= 0.6 is 0 Å². The van der Waals surface area contributed by atoms with Crippen molar-refractivity contribution in [1.82, 2.24) is 28.7 Å². The van der Waals surface area contributed by atoms with E-state index in [2.05, 4.69) is 268 Å². The number of aromatic nitrogens is 6. The summed E-state index contributed by atoms with van der Waals surface area (Å²) in [6.45, 7) is 0. The van der Waals surface area contributed by atoms with Crippen LogP contribution in [0.2, 0.25) is 0 Å². The third kappa shape index (κ3) is 6.93. The largest absolute Gasteiger partial charge is 0.290 e. The predicted octanol–water partition coefficient (Wildman–Crippen LogP) is 15.7. The fourth-order valence-electron chi connectivity index (χ4n) is 9.80. The van der Waals surface area contributed by atoms with E-state index in [0.29, 0.717) is 0 Å². The number of imidazole rings is 3. The maximum absolute atomic E-state index is 5.77. The Morgan fingerprint density at radius 1 is 0.188 bits per heavy atom. The van der Waals surface area contributed by atoms with Crippen molar-refractivity contribution in [2.24, 2.45) is 0 Å². The second-order valence-electron chi connectivity index (χ2n) is 17.2. The summed E-state index contributed by atoms with van der Waals surface area (Å²) in [7, 11) is 0. The molecule has 13 rings (SSSR count). The van der Waals surface area contributed by atoms with Crippen molar-refractivity contribution in [2.75, 3.05) is 0 Å². The molecule has 6 heteroatoms. The van der Waals surface area contributed by atoms with Gasteiger partial charge in [-0.05, 0) is 69.8 Å². The Morgan fingerprint density at radius 2 is 0.377 bits per heavy atom. The highest BCUT2D eigenvalue weighted by Crippen LogP contribution is 2.44. The first-order chi connectivity index (χ1) is 34.2. The Kier molecular flexibility index (Phi) is 9.72. The molecular formula is C63H42N6. The standard InChI is InChI=1S/C63H42N6/c1-7-19-43(20-8-1)46-31-37-49(38-32-46)61-64-55-58(67(61)52-25-13-4-14-26-52)56-60(69(54-29-17-6-18-30-54)62(65-56)50-39-33-47(34-40-50)44-21-9-2-10-22-44)57-59(55)68(53-27-15-5-16-28-53)63(66-57)51-41-35-48(36-42-51)45-23-11-3-12-24-45/h1-42H. The molecule has 0 N–H and O–H groups in total. The van der Waals surface area contributed by atoms with Crippen LogP contribution in [-0.2, 0) is 0 Å². The van der Waals surface area contributed by atoms with E-state index in [1.807, 2.05) is 0 Å². The van der Waals surface area contributed by atoms with Gasteiger partial charge in [-0.3, -0.25) is 13.7 Å². The molecule has 0 saturated carbocycles. The topological polar surface area (TPSA) is 53.5 Å². The SMILES string of the molecule is c1ccc(-c2ccc(-c3nc4c(c5nc(-c6ccc(-c7ccccc7)cc6)n(-c6ccccc6)c5c5nc(-c6ccc(-c7ccccc7)cc6)n(-c6ccccc6)c45)n3-c3ccccc3)cc2)cc1. The number of fused-ring (bicyclic) bond motifs is 6. The number of para-hydroxylation sites is 3. The van der Waals surface area contributed by atoms with Crippen molar-refractivity contribution < 1.29 is 0 Å². The Labute approximate surface area is 399 Å². The summed E-state index contributed by atoms with van der Waals surface area (Å²) >= 11 is 0. The number of nitrogens with zero attached hydrogens (tertiary/aromatic N) is 6. The van der Waals surface area contributed by atoms with Crippen molar-refractivity contribution in [3.63, 3.8) is 0 Å². The molecule has 3 heterocycles. The second kappa shape index (κ2) is 16.8. The number of hydrogen-bond acceptors (Lipinski definition) is 3. The summed E-state index contributed by atoms with van der Waals surface area (Å²) in [6, 6.07) is 89.5. The number of rotatable bonds is 9. The van der Waals surface area contributed by atoms with Crippen LogP contribution in [0.15, 0.2) is 255 Å². The van der Waals surface area contributed by atoms with Gasteiger partial charge in [-0.1, -0.05) is 218 Å². The minimum atomic E-state index is 0.802. The van der Waals surface area contributed by atoms with Gasteiger partial charge in [0.25, 0.3) is 0 Å². The smallest absolute Gasteiger partial charge is 0.145 e. The van der Waals surface area contributed by atoms with Gasteiger partial charge >= 0.3 is 0 Å². The van der Waals surface area contributed by atoms with E-state index in [-0.39, 0.29) is 0 Å². The summed E-state index contributed by atoms with van der Waals surface area (Å²) in [4.78, 5) is 17.3. The van der Waals surface area contributed by atoms with Gasteiger partial charge in [0, 0.05) is 33.8 Å². The average molecular weight is 883 g/mol. The second-order valence-corrected chi connectivity index (χ2v) is 17.2. The van der Waals surface area contributed by atoms with Crippen molar-refractivity contribution in [1.29, 1.82) is 0 Å². The zero-order chi connectivity index (χ0) is 45.7. The molecule has 0 aliphatic carbocycles. The molecular weight excluding hydrogens is 841 g/mol. The molecule has 0 radical (unpaired) electrons. The molecule has 0 fully saturated rings. The summed E-state index contributed by atoms with van der Waals surface area (Å²) in [5.41, 5.74) is 17.9. The predicted molar refractivity (Wildman–Crippen MR) is 283 cm³/mol. The van der Waals surface area contributed by atoms with Crippen LogP contribution in [0.5, 0.6) is 0 Å². The average Bonchev–Trinajstić information content (AvgIpc) is 4.16. The molecule has 0 unspecified atom stereocenters. The molecule has 324 valence electrons. The lowest BCUT2D eigenvalue weighted by molar-refractivity contribution is 1.10. The fourth-order valence-corrected chi connectivity index (χ4v) is 9.80. The third-order valence-electron chi connectivity index (χ3n) is 13.1. The van der Waals surface area contributed by atoms with E-state index in [9.17, 15) is 0 Å². The molecule has 0 aliphatic heterocycles. The van der Waals surface area contributed by atoms with E-state index >= 15 is 0 Å². The van der Waals surface area contributed by atoms with Crippen LogP contribution in [0.25, 0.3) is 118 Å². The maximum Gasteiger partial charge on any atom is 0.145 e. The van der Waals surface area contributed by atoms with Crippen LogP contribution in [0.4, 0.5) is 0 Å². The third-order valence-corrected chi connectivity index (χ3v) is 13.1. The van der Waals surface area contributed by atoms with Gasteiger partial charge in [0.2, 0.25) is 0 Å². The Hall–Kier alpha value is -9.39. The Bertz CT molecular complexity index is 3470. The van der Waals surface area contributed by atoms with Crippen LogP contribution in [0.3, 0.4) is 0 Å². The highest BCUT2D eigenvalue weighted by Gasteiger charge is 2.30. The van der Waals surface area contributed by atoms with Crippen molar-refractivity contribution >= 4 is 33.1 Å². The van der Waals surface area contributed by atoms with E-state index in [1.165, 1.54) is 0 Å². The zero-order valence-electron chi connectivity index (χ0n) is 37.4. The number of hydrogen-bond donors (Lipinski definition) is 0. The molecule has 13 aromatic rings. The molecule has 0 bridgehead atoms. The summed E-state index contributed by atoms with van der Waals surface area (Å²) in [6.07, 6.45) is 0. The van der Waals surface area contributed by atoms with Gasteiger partial charge in [-0.25, -0.2) is 15.0 Å². The summed E-state index contributed by atoms with van der Waals surface area (Å²) in [5.74, 6) is 2.42. The lowest BCUT2D eigenvalue weighted by atomic mass is 10.0. The first kappa shape index (κ1) is 39.9. The molecule has 0 saturated heterocycles. The van der Waals surface area contributed by atoms with Crippen molar-refractivity contribution in [2.45, 2.75) is 0 Å². The van der Waals surface area contributed by atoms with Crippen LogP contribution < -0.4 is 0 Å². The van der Waals surface area contributed by atoms with Gasteiger partial charge < -0.3 is 0 Å². The lowest BCUT2D eigenvalue weighted by Gasteiger charge is -2.13. The van der Waals surface area contributed by atoms with Crippen LogP contribution in [0, 0.1) is 0 Å². The first-order valence-electron chi connectivity index (χ1n) is 23.3. The molecule has 0 amide bonds. The lowest BCUT2D eigenvalue weighted by Crippen LogP contribution is -2.00. The first-order valence-corrected chi connectivity index (χ1v) is 23.3. The Morgan fingerprint density at radius 3 is 0.609 bits per heavy atom. The van der Waals surface area contributed by atoms with Gasteiger partial charge in [0.1, 0.15) is 50.6 Å². The van der Waals surface area contributed by atoms with Gasteiger partial charge in [-0.15, -0.1) is 0 Å². The molecule has 0 atom stereocenters. The monoisotopic (exact) mass is 882 g/mol. The summed E-state index contributed by atoms with van der Waals surface area (Å²) in [5, 5.41) is 0. The van der Waals surface area contributed by atoms with E-state index < -0.39 is 0 Å². The highest BCUT2D eigenvalue weighted by atomic mass is 15.2. The van der Waals surface area contributed by atoms with Gasteiger partial charge in [0.05, 0.1) is 0 Å². The maximum atomic E-state index is 5.77. The molecule has 10 aromatic carbocycles. The molecule has 69 heavy (non-hydrogen) atoms. The minimum absolute atomic E-state index is 0.802. The summed E-state index contributed by atoms with van der Waals surface area (Å²) < 4.78 is 6.90. The van der Waals surface area contributed by atoms with E-state index in [0.717, 1.165) is 118 Å². The van der Waals surface area contributed by atoms with Crippen LogP contribution in [-0.4, -0.2) is 28.7 Å². The normalized spacial score (nSPS) is 11.5. The molecule has 3 aromatic heterocycles. The minimum Gasteiger partial charge on any atom is -0.290 e. The molecule has 6 nitrogen and oxygen atoms in total. The quantitative estimate of drug-likeness (QED) is 0.145. The van der Waals surface area contributed by atoms with Crippen LogP contribution in [0.1, 0.15) is 0 Å². The van der Waals surface area contributed by atoms with Gasteiger partial charge in [-0.2, -0.15) is 0 Å².